The topological polar surface area (TPSA) is 49.8 Å². The van der Waals surface area contributed by atoms with Crippen molar-refractivity contribution >= 4 is 5.91 Å². The third kappa shape index (κ3) is 2.89. The van der Waals surface area contributed by atoms with E-state index in [0.29, 0.717) is 24.2 Å². The van der Waals surface area contributed by atoms with Gasteiger partial charge < -0.3 is 14.7 Å². The van der Waals surface area contributed by atoms with Crippen LogP contribution in [0.2, 0.25) is 0 Å². The second-order valence-electron chi connectivity index (χ2n) is 5.84. The molecule has 1 aromatic carbocycles. The molecule has 104 valence electrons. The van der Waals surface area contributed by atoms with Crippen molar-refractivity contribution in [2.75, 3.05) is 13.1 Å². The van der Waals surface area contributed by atoms with Crippen LogP contribution in [0.25, 0.3) is 0 Å². The van der Waals surface area contributed by atoms with Crippen molar-refractivity contribution in [3.05, 3.63) is 29.3 Å². The second-order valence-corrected chi connectivity index (χ2v) is 5.84. The molecule has 4 heteroatoms. The zero-order chi connectivity index (χ0) is 14.2. The van der Waals surface area contributed by atoms with Gasteiger partial charge in [-0.05, 0) is 39.3 Å². The number of hydrogen-bond donors (Lipinski definition) is 1. The molecule has 1 heterocycles. The Kier molecular flexibility index (Phi) is 3.54. The number of hydrogen-bond acceptors (Lipinski definition) is 3. The molecule has 1 atom stereocenters. The molecule has 1 aromatic rings. The van der Waals surface area contributed by atoms with E-state index in [1.165, 1.54) is 0 Å². The van der Waals surface area contributed by atoms with E-state index in [1.807, 2.05) is 20.8 Å². The SMILES string of the molecule is Cc1cccc(C(=O)N2CC(C)OC(C)(C)C2)c1O. The zero-order valence-electron chi connectivity index (χ0n) is 11.9. The molecule has 1 saturated heterocycles. The van der Waals surface area contributed by atoms with E-state index in [0.717, 1.165) is 0 Å². The Bertz CT molecular complexity index is 496. The van der Waals surface area contributed by atoms with E-state index in [-0.39, 0.29) is 23.4 Å². The molecular formula is C15H21NO3. The van der Waals surface area contributed by atoms with E-state index >= 15 is 0 Å². The molecule has 1 amide bonds. The van der Waals surface area contributed by atoms with Gasteiger partial charge in [-0.1, -0.05) is 12.1 Å². The number of aryl methyl sites for hydroxylation is 1. The lowest BCUT2D eigenvalue weighted by Gasteiger charge is -2.41. The van der Waals surface area contributed by atoms with Gasteiger partial charge in [0.05, 0.1) is 17.3 Å². The maximum absolute atomic E-state index is 12.5. The molecule has 19 heavy (non-hydrogen) atoms. The molecular weight excluding hydrogens is 242 g/mol. The summed E-state index contributed by atoms with van der Waals surface area (Å²) in [6.07, 6.45) is -0.000322. The van der Waals surface area contributed by atoms with Crippen molar-refractivity contribution < 1.29 is 14.6 Å². The van der Waals surface area contributed by atoms with Crippen molar-refractivity contribution in [3.63, 3.8) is 0 Å². The summed E-state index contributed by atoms with van der Waals surface area (Å²) >= 11 is 0. The highest BCUT2D eigenvalue weighted by molar-refractivity contribution is 5.97. The van der Waals surface area contributed by atoms with Crippen LogP contribution in [-0.4, -0.2) is 40.7 Å². The fourth-order valence-corrected chi connectivity index (χ4v) is 2.61. The molecule has 1 aliphatic heterocycles. The number of amides is 1. The number of ether oxygens (including phenoxy) is 1. The summed E-state index contributed by atoms with van der Waals surface area (Å²) in [6, 6.07) is 5.24. The lowest BCUT2D eigenvalue weighted by Crippen LogP contribution is -2.53. The summed E-state index contributed by atoms with van der Waals surface area (Å²) < 4.78 is 5.79. The fourth-order valence-electron chi connectivity index (χ4n) is 2.61. The number of morpholine rings is 1. The number of nitrogens with zero attached hydrogens (tertiary/aromatic N) is 1. The van der Waals surface area contributed by atoms with Crippen molar-refractivity contribution in [1.82, 2.24) is 4.90 Å². The van der Waals surface area contributed by atoms with Crippen LogP contribution < -0.4 is 0 Å². The van der Waals surface area contributed by atoms with Gasteiger partial charge in [0.15, 0.2) is 0 Å². The number of carbonyl (C=O) groups is 1. The highest BCUT2D eigenvalue weighted by Crippen LogP contribution is 2.26. The average molecular weight is 263 g/mol. The Labute approximate surface area is 114 Å². The quantitative estimate of drug-likeness (QED) is 0.846. The van der Waals surface area contributed by atoms with Crippen LogP contribution >= 0.6 is 0 Å². The molecule has 1 aliphatic rings. The minimum Gasteiger partial charge on any atom is -0.507 e. The third-order valence-electron chi connectivity index (χ3n) is 3.32. The van der Waals surface area contributed by atoms with Crippen LogP contribution in [-0.2, 0) is 4.74 Å². The second kappa shape index (κ2) is 4.85. The normalized spacial score (nSPS) is 22.3. The van der Waals surface area contributed by atoms with Gasteiger partial charge in [-0.3, -0.25) is 4.79 Å². The van der Waals surface area contributed by atoms with Gasteiger partial charge in [-0.25, -0.2) is 0 Å². The van der Waals surface area contributed by atoms with Gasteiger partial charge in [0.2, 0.25) is 0 Å². The number of phenolic OH excluding ortho intramolecular Hbond substituents is 1. The molecule has 1 N–H and O–H groups in total. The number of rotatable bonds is 1. The third-order valence-corrected chi connectivity index (χ3v) is 3.32. The molecule has 1 unspecified atom stereocenters. The first-order valence-electron chi connectivity index (χ1n) is 6.56. The molecule has 0 aromatic heterocycles. The molecule has 0 aliphatic carbocycles. The highest BCUT2D eigenvalue weighted by atomic mass is 16.5. The van der Waals surface area contributed by atoms with Gasteiger partial charge in [0.25, 0.3) is 5.91 Å². The summed E-state index contributed by atoms with van der Waals surface area (Å²) in [5, 5.41) is 10.0. The summed E-state index contributed by atoms with van der Waals surface area (Å²) in [5.74, 6) is -0.0612. The van der Waals surface area contributed by atoms with Gasteiger partial charge >= 0.3 is 0 Å². The van der Waals surface area contributed by atoms with Crippen molar-refractivity contribution in [2.24, 2.45) is 0 Å². The monoisotopic (exact) mass is 263 g/mol. The van der Waals surface area contributed by atoms with Crippen LogP contribution in [0, 0.1) is 6.92 Å². The largest absolute Gasteiger partial charge is 0.507 e. The van der Waals surface area contributed by atoms with E-state index < -0.39 is 0 Å². The number of carbonyl (C=O) groups excluding carboxylic acids is 1. The van der Waals surface area contributed by atoms with E-state index in [9.17, 15) is 9.90 Å². The summed E-state index contributed by atoms with van der Waals surface area (Å²) in [7, 11) is 0. The van der Waals surface area contributed by atoms with Gasteiger partial charge in [-0.2, -0.15) is 0 Å². The lowest BCUT2D eigenvalue weighted by atomic mass is 10.0. The van der Waals surface area contributed by atoms with Crippen molar-refractivity contribution in [2.45, 2.75) is 39.4 Å². The molecule has 0 radical (unpaired) electrons. The first-order valence-corrected chi connectivity index (χ1v) is 6.56. The average Bonchev–Trinajstić information content (AvgIpc) is 2.29. The Morgan fingerprint density at radius 2 is 2.16 bits per heavy atom. The lowest BCUT2D eigenvalue weighted by molar-refractivity contribution is -0.118. The molecule has 2 rings (SSSR count). The number of aromatic hydroxyl groups is 1. The zero-order valence-corrected chi connectivity index (χ0v) is 11.9. The first kappa shape index (κ1) is 13.9. The highest BCUT2D eigenvalue weighted by Gasteiger charge is 2.34. The van der Waals surface area contributed by atoms with E-state index in [1.54, 1.807) is 30.0 Å². The smallest absolute Gasteiger partial charge is 0.257 e. The van der Waals surface area contributed by atoms with Gasteiger partial charge in [-0.15, -0.1) is 0 Å². The molecule has 0 saturated carbocycles. The standard InChI is InChI=1S/C15H21NO3/c1-10-6-5-7-12(13(10)17)14(18)16-8-11(2)19-15(3,4)9-16/h5-7,11,17H,8-9H2,1-4H3. The van der Waals surface area contributed by atoms with Gasteiger partial charge in [0.1, 0.15) is 5.75 Å². The van der Waals surface area contributed by atoms with E-state index in [4.69, 9.17) is 4.74 Å². The maximum atomic E-state index is 12.5. The Morgan fingerprint density at radius 3 is 2.79 bits per heavy atom. The van der Waals surface area contributed by atoms with Crippen molar-refractivity contribution in [3.8, 4) is 5.75 Å². The number of benzene rings is 1. The minimum absolute atomic E-state index is 0.000322. The van der Waals surface area contributed by atoms with Crippen LogP contribution in [0.5, 0.6) is 5.75 Å². The van der Waals surface area contributed by atoms with Crippen LogP contribution in [0.1, 0.15) is 36.7 Å². The number of phenols is 1. The van der Waals surface area contributed by atoms with Gasteiger partial charge in [0, 0.05) is 13.1 Å². The molecule has 1 fully saturated rings. The van der Waals surface area contributed by atoms with Crippen LogP contribution in [0.15, 0.2) is 18.2 Å². The molecule has 0 spiro atoms. The molecule has 4 nitrogen and oxygen atoms in total. The Morgan fingerprint density at radius 1 is 1.47 bits per heavy atom. The fraction of sp³-hybridized carbons (Fsp3) is 0.533. The van der Waals surface area contributed by atoms with E-state index in [2.05, 4.69) is 0 Å². The number of para-hydroxylation sites is 1. The molecule has 0 bridgehead atoms. The summed E-state index contributed by atoms with van der Waals surface area (Å²) in [6.45, 7) is 8.77. The predicted octanol–water partition coefficient (Wildman–Crippen LogP) is 2.34. The Balaban J connectivity index is 2.26. The minimum atomic E-state index is -0.354. The first-order chi connectivity index (χ1) is 8.80. The predicted molar refractivity (Wildman–Crippen MR) is 73.4 cm³/mol. The van der Waals surface area contributed by atoms with Crippen LogP contribution in [0.3, 0.4) is 0 Å². The van der Waals surface area contributed by atoms with Crippen LogP contribution in [0.4, 0.5) is 0 Å². The summed E-state index contributed by atoms with van der Waals surface area (Å²) in [4.78, 5) is 14.3. The Hall–Kier alpha value is -1.55. The summed E-state index contributed by atoms with van der Waals surface area (Å²) in [5.41, 5.74) is 0.726. The van der Waals surface area contributed by atoms with Crippen molar-refractivity contribution in [1.29, 1.82) is 0 Å². The maximum Gasteiger partial charge on any atom is 0.257 e.